The van der Waals surface area contributed by atoms with Crippen LogP contribution in [0.5, 0.6) is 0 Å². The number of nitrogens with one attached hydrogen (secondary N) is 1. The number of carbonyl (C=O) groups excluding carboxylic acids is 1. The van der Waals surface area contributed by atoms with Crippen LogP contribution in [0, 0.1) is 5.92 Å². The molecule has 1 aliphatic carbocycles. The first-order chi connectivity index (χ1) is 19.3. The van der Waals surface area contributed by atoms with Gasteiger partial charge in [-0.05, 0) is 65.4 Å². The van der Waals surface area contributed by atoms with Crippen molar-refractivity contribution in [3.8, 4) is 11.1 Å². The van der Waals surface area contributed by atoms with Crippen LogP contribution in [0.1, 0.15) is 27.0 Å². The predicted octanol–water partition coefficient (Wildman–Crippen LogP) is 6.07. The highest BCUT2D eigenvalue weighted by molar-refractivity contribution is 6.33. The summed E-state index contributed by atoms with van der Waals surface area (Å²) < 4.78 is 0. The second-order valence-electron chi connectivity index (χ2n) is 9.80. The summed E-state index contributed by atoms with van der Waals surface area (Å²) >= 11 is 12.5. The normalized spacial score (nSPS) is 13.9. The van der Waals surface area contributed by atoms with Gasteiger partial charge in [0.05, 0.1) is 11.3 Å². The third-order valence-electron chi connectivity index (χ3n) is 7.17. The second kappa shape index (κ2) is 12.0. The summed E-state index contributed by atoms with van der Waals surface area (Å²) in [5.74, 6) is -0.344. The first kappa shape index (κ1) is 27.5. The summed E-state index contributed by atoms with van der Waals surface area (Å²) in [6, 6.07) is 22.5. The van der Waals surface area contributed by atoms with Crippen molar-refractivity contribution in [2.45, 2.75) is 19.4 Å². The van der Waals surface area contributed by atoms with Crippen molar-refractivity contribution in [1.82, 2.24) is 4.98 Å². The number of aromatic carboxylic acids is 1. The highest BCUT2D eigenvalue weighted by Crippen LogP contribution is 2.35. The molecule has 0 saturated heterocycles. The Labute approximate surface area is 242 Å². The molecule has 0 saturated carbocycles. The molecule has 4 N–H and O–H groups in total. The number of amides is 1. The van der Waals surface area contributed by atoms with Crippen molar-refractivity contribution in [2.24, 2.45) is 11.7 Å². The molecule has 1 aromatic heterocycles. The number of nitrogens with two attached hydrogens (primary N) is 1. The van der Waals surface area contributed by atoms with Gasteiger partial charge in [0.1, 0.15) is 5.82 Å². The molecule has 0 bridgehead atoms. The summed E-state index contributed by atoms with van der Waals surface area (Å²) in [5, 5.41) is 14.1. The number of hydrogen-bond donors (Lipinski definition) is 3. The summed E-state index contributed by atoms with van der Waals surface area (Å²) in [7, 11) is 0. The predicted molar refractivity (Wildman–Crippen MR) is 159 cm³/mol. The fraction of sp³-hybridized carbons (Fsp3) is 0.194. The van der Waals surface area contributed by atoms with Gasteiger partial charge in [-0.25, -0.2) is 9.78 Å². The minimum absolute atomic E-state index is 0.0300. The van der Waals surface area contributed by atoms with E-state index in [4.69, 9.17) is 28.9 Å². The Balaban J connectivity index is 0.000000223. The largest absolute Gasteiger partial charge is 0.478 e. The van der Waals surface area contributed by atoms with E-state index in [2.05, 4.69) is 27.3 Å². The zero-order valence-corrected chi connectivity index (χ0v) is 23.1. The molecule has 4 aromatic rings. The Morgan fingerprint density at radius 1 is 1.00 bits per heavy atom. The molecule has 204 valence electrons. The van der Waals surface area contributed by atoms with E-state index < -0.39 is 5.97 Å². The van der Waals surface area contributed by atoms with Crippen molar-refractivity contribution >= 4 is 46.6 Å². The maximum Gasteiger partial charge on any atom is 0.336 e. The highest BCUT2D eigenvalue weighted by atomic mass is 35.5. The molecule has 7 nitrogen and oxygen atoms in total. The molecule has 2 aliphatic rings. The molecule has 0 spiro atoms. The number of aromatic nitrogens is 1. The number of carbonyl (C=O) groups is 2. The Bertz CT molecular complexity index is 1550. The number of hydrogen-bond acceptors (Lipinski definition) is 5. The van der Waals surface area contributed by atoms with Gasteiger partial charge in [0.15, 0.2) is 0 Å². The number of rotatable bonds is 5. The lowest BCUT2D eigenvalue weighted by molar-refractivity contribution is -0.121. The number of fused-ring (bicyclic) bond motifs is 2. The van der Waals surface area contributed by atoms with Crippen LogP contribution in [-0.2, 0) is 24.2 Å². The molecular weight excluding hydrogens is 547 g/mol. The summed E-state index contributed by atoms with van der Waals surface area (Å²) in [4.78, 5) is 29.2. The van der Waals surface area contributed by atoms with Gasteiger partial charge in [-0.2, -0.15) is 0 Å². The van der Waals surface area contributed by atoms with Gasteiger partial charge in [0, 0.05) is 47.4 Å². The average molecular weight is 575 g/mol. The minimum atomic E-state index is -0.964. The Morgan fingerprint density at radius 2 is 1.70 bits per heavy atom. The van der Waals surface area contributed by atoms with Crippen LogP contribution in [0.25, 0.3) is 11.1 Å². The van der Waals surface area contributed by atoms with Crippen LogP contribution in [0.2, 0.25) is 10.0 Å². The van der Waals surface area contributed by atoms with Crippen molar-refractivity contribution < 1.29 is 14.7 Å². The third-order valence-corrected chi connectivity index (χ3v) is 7.78. The van der Waals surface area contributed by atoms with Crippen LogP contribution in [-0.4, -0.2) is 35.1 Å². The standard InChI is InChI=1S/C21H17Cl2N3O2.C10H11NO/c22-15-5-6-18(23)14(9-15)12-26-8-7-24-20-19(26)10-13(11-25-20)16-3-1-2-4-17(16)21(27)28;11-10(12)9-5-7-3-1-2-4-8(7)6-9/h1-6,9-11H,7-8,12H2,(H,24,25)(H,27,28);1-4,9H,5-6H2,(H2,11,12). The quantitative estimate of drug-likeness (QED) is 0.267. The van der Waals surface area contributed by atoms with Crippen molar-refractivity contribution in [1.29, 1.82) is 0 Å². The van der Waals surface area contributed by atoms with E-state index >= 15 is 0 Å². The molecule has 1 amide bonds. The number of halogens is 2. The molecule has 0 unspecified atom stereocenters. The van der Waals surface area contributed by atoms with Gasteiger partial charge in [0.2, 0.25) is 5.91 Å². The Hall–Kier alpha value is -4.07. The topological polar surface area (TPSA) is 109 Å². The van der Waals surface area contributed by atoms with Gasteiger partial charge in [-0.1, -0.05) is 65.7 Å². The van der Waals surface area contributed by atoms with Crippen LogP contribution in [0.4, 0.5) is 11.5 Å². The van der Waals surface area contributed by atoms with E-state index in [-0.39, 0.29) is 17.4 Å². The van der Waals surface area contributed by atoms with Gasteiger partial charge in [0.25, 0.3) is 0 Å². The van der Waals surface area contributed by atoms with Gasteiger partial charge < -0.3 is 21.1 Å². The van der Waals surface area contributed by atoms with Gasteiger partial charge in [-0.3, -0.25) is 4.79 Å². The summed E-state index contributed by atoms with van der Waals surface area (Å²) in [6.45, 7) is 2.10. The number of carboxylic acid groups (broad SMARTS) is 1. The fourth-order valence-corrected chi connectivity index (χ4v) is 5.50. The molecule has 40 heavy (non-hydrogen) atoms. The molecule has 3 aromatic carbocycles. The zero-order valence-electron chi connectivity index (χ0n) is 21.6. The minimum Gasteiger partial charge on any atom is -0.478 e. The average Bonchev–Trinajstić information content (AvgIpc) is 3.40. The van der Waals surface area contributed by atoms with Crippen molar-refractivity contribution in [3.63, 3.8) is 0 Å². The SMILES string of the molecule is NC(=O)C1Cc2ccccc2C1.O=C(O)c1ccccc1-c1cnc2c(c1)N(Cc1cc(Cl)ccc1Cl)CCN2. The number of primary amides is 1. The van der Waals surface area contributed by atoms with Crippen molar-refractivity contribution in [2.75, 3.05) is 23.3 Å². The first-order valence-electron chi connectivity index (χ1n) is 12.9. The molecule has 1 aliphatic heterocycles. The van der Waals surface area contributed by atoms with E-state index in [1.165, 1.54) is 11.1 Å². The highest BCUT2D eigenvalue weighted by Gasteiger charge is 2.25. The molecule has 0 radical (unpaired) electrons. The number of anilines is 2. The van der Waals surface area contributed by atoms with Gasteiger partial charge >= 0.3 is 5.97 Å². The molecule has 6 rings (SSSR count). The van der Waals surface area contributed by atoms with E-state index in [0.717, 1.165) is 48.6 Å². The fourth-order valence-electron chi connectivity index (χ4n) is 5.12. The first-order valence-corrected chi connectivity index (χ1v) is 13.7. The Kier molecular flexibility index (Phi) is 8.24. The van der Waals surface area contributed by atoms with Crippen LogP contribution in [0.15, 0.2) is 79.0 Å². The van der Waals surface area contributed by atoms with Crippen molar-refractivity contribution in [3.05, 3.63) is 111 Å². The zero-order chi connectivity index (χ0) is 28.2. The molecular formula is C31H28Cl2N4O3. The van der Waals surface area contributed by atoms with E-state index in [0.29, 0.717) is 22.2 Å². The van der Waals surface area contributed by atoms with E-state index in [1.807, 2.05) is 30.3 Å². The monoisotopic (exact) mass is 574 g/mol. The lowest BCUT2D eigenvalue weighted by Gasteiger charge is -2.32. The maximum absolute atomic E-state index is 11.6. The molecule has 0 atom stereocenters. The number of nitrogens with zero attached hydrogens (tertiary/aromatic N) is 2. The maximum atomic E-state index is 11.6. The summed E-state index contributed by atoms with van der Waals surface area (Å²) in [5.41, 5.74) is 11.3. The molecule has 0 fully saturated rings. The molecule has 2 heterocycles. The number of pyridine rings is 1. The van der Waals surface area contributed by atoms with Crippen LogP contribution in [0.3, 0.4) is 0 Å². The van der Waals surface area contributed by atoms with E-state index in [1.54, 1.807) is 36.5 Å². The van der Waals surface area contributed by atoms with E-state index in [9.17, 15) is 14.7 Å². The smallest absolute Gasteiger partial charge is 0.336 e. The van der Waals surface area contributed by atoms with Gasteiger partial charge in [-0.15, -0.1) is 0 Å². The number of benzene rings is 3. The third kappa shape index (κ3) is 6.06. The second-order valence-corrected chi connectivity index (χ2v) is 10.6. The summed E-state index contributed by atoms with van der Waals surface area (Å²) in [6.07, 6.45) is 3.35. The van der Waals surface area contributed by atoms with Crippen LogP contribution < -0.4 is 16.0 Å². The lowest BCUT2D eigenvalue weighted by Crippen LogP contribution is -2.34. The lowest BCUT2D eigenvalue weighted by atomic mass is 10.0. The molecule has 9 heteroatoms. The number of carboxylic acids is 1. The van der Waals surface area contributed by atoms with Crippen LogP contribution >= 0.6 is 23.2 Å². The Morgan fingerprint density at radius 3 is 2.40 bits per heavy atom.